The summed E-state index contributed by atoms with van der Waals surface area (Å²) in [6.07, 6.45) is 1.82. The van der Waals surface area contributed by atoms with Crippen LogP contribution in [0.25, 0.3) is 10.9 Å². The summed E-state index contributed by atoms with van der Waals surface area (Å²) in [5, 5.41) is 8.57. The number of rotatable bonds is 1. The molecule has 0 unspecified atom stereocenters. The smallest absolute Gasteiger partial charge is 0.322 e. The van der Waals surface area contributed by atoms with Crippen molar-refractivity contribution in [2.75, 3.05) is 38.1 Å². The van der Waals surface area contributed by atoms with Crippen LogP contribution in [-0.4, -0.2) is 53.9 Å². The minimum Gasteiger partial charge on any atom is -0.322 e. The van der Waals surface area contributed by atoms with Gasteiger partial charge >= 0.3 is 6.03 Å². The number of carbonyl (C=O) groups is 1. The zero-order chi connectivity index (χ0) is 14.1. The molecule has 0 atom stereocenters. The third kappa shape index (κ3) is 2.12. The lowest BCUT2D eigenvalue weighted by atomic mass is 10.2. The normalized spacial score (nSPS) is 15.6. The lowest BCUT2D eigenvalue weighted by molar-refractivity contribution is 0.198. The molecule has 6 heteroatoms. The Bertz CT molecular complexity index is 630. The second kappa shape index (κ2) is 5.13. The summed E-state index contributed by atoms with van der Waals surface area (Å²) in [5.74, 6) is 0. The minimum atomic E-state index is 0.0419. The topological polar surface area (TPSA) is 53.4 Å². The fourth-order valence-corrected chi connectivity index (χ4v) is 2.65. The number of aryl methyl sites for hydroxylation is 1. The van der Waals surface area contributed by atoms with E-state index in [9.17, 15) is 4.79 Å². The molecule has 0 saturated carbocycles. The number of fused-ring (bicyclic) bond motifs is 1. The van der Waals surface area contributed by atoms with Crippen LogP contribution in [-0.2, 0) is 7.05 Å². The minimum absolute atomic E-state index is 0.0419. The van der Waals surface area contributed by atoms with Gasteiger partial charge in [-0.1, -0.05) is 12.1 Å². The van der Waals surface area contributed by atoms with Gasteiger partial charge in [0.2, 0.25) is 0 Å². The number of para-hydroxylation sites is 1. The van der Waals surface area contributed by atoms with E-state index in [4.69, 9.17) is 0 Å². The first-order valence-electron chi connectivity index (χ1n) is 6.82. The van der Waals surface area contributed by atoms with E-state index in [0.717, 1.165) is 42.8 Å². The standard InChI is InChI=1S/C14H19N5O/c1-17(14(20)19-8-6-15-7-9-19)12-5-3-4-11-10-16-18(2)13(11)12/h3-5,10,15H,6-9H2,1-2H3. The van der Waals surface area contributed by atoms with Gasteiger partial charge in [-0.2, -0.15) is 5.10 Å². The first-order valence-corrected chi connectivity index (χ1v) is 6.82. The van der Waals surface area contributed by atoms with Gasteiger partial charge in [0.05, 0.1) is 17.4 Å². The van der Waals surface area contributed by atoms with Gasteiger partial charge in [0.1, 0.15) is 0 Å². The van der Waals surface area contributed by atoms with E-state index in [1.165, 1.54) is 0 Å². The van der Waals surface area contributed by atoms with Crippen LogP contribution in [0.2, 0.25) is 0 Å². The first-order chi connectivity index (χ1) is 9.68. The van der Waals surface area contributed by atoms with Gasteiger partial charge in [0.15, 0.2) is 0 Å². The second-order valence-corrected chi connectivity index (χ2v) is 5.06. The molecule has 0 bridgehead atoms. The zero-order valence-corrected chi connectivity index (χ0v) is 11.8. The number of aromatic nitrogens is 2. The molecule has 1 N–H and O–H groups in total. The lowest BCUT2D eigenvalue weighted by Gasteiger charge is -2.31. The molecule has 2 amide bonds. The van der Waals surface area contributed by atoms with E-state index < -0.39 is 0 Å². The number of nitrogens with zero attached hydrogens (tertiary/aromatic N) is 4. The molecule has 3 rings (SSSR count). The van der Waals surface area contributed by atoms with Crippen LogP contribution >= 0.6 is 0 Å². The predicted molar refractivity (Wildman–Crippen MR) is 79.0 cm³/mol. The van der Waals surface area contributed by atoms with E-state index in [1.807, 2.05) is 48.1 Å². The molecule has 2 heterocycles. The van der Waals surface area contributed by atoms with Crippen molar-refractivity contribution in [3.05, 3.63) is 24.4 Å². The SMILES string of the molecule is CN(C(=O)N1CCNCC1)c1cccc2cnn(C)c12. The van der Waals surface area contributed by atoms with Crippen LogP contribution in [0.4, 0.5) is 10.5 Å². The highest BCUT2D eigenvalue weighted by Crippen LogP contribution is 2.26. The highest BCUT2D eigenvalue weighted by Gasteiger charge is 2.22. The molecule has 1 saturated heterocycles. The Morgan fingerprint density at radius 2 is 2.10 bits per heavy atom. The largest absolute Gasteiger partial charge is 0.324 e. The van der Waals surface area contributed by atoms with Crippen LogP contribution in [0.15, 0.2) is 24.4 Å². The molecule has 1 aromatic heterocycles. The molecule has 0 spiro atoms. The monoisotopic (exact) mass is 273 g/mol. The van der Waals surface area contributed by atoms with Gasteiger partial charge in [0.25, 0.3) is 0 Å². The van der Waals surface area contributed by atoms with E-state index in [0.29, 0.717) is 0 Å². The molecule has 106 valence electrons. The number of anilines is 1. The number of urea groups is 1. The summed E-state index contributed by atoms with van der Waals surface area (Å²) >= 11 is 0. The molecule has 20 heavy (non-hydrogen) atoms. The van der Waals surface area contributed by atoms with Crippen LogP contribution < -0.4 is 10.2 Å². The number of hydrogen-bond acceptors (Lipinski definition) is 3. The van der Waals surface area contributed by atoms with Crippen LogP contribution in [0.1, 0.15) is 0 Å². The van der Waals surface area contributed by atoms with Crippen molar-refractivity contribution < 1.29 is 4.79 Å². The number of carbonyl (C=O) groups excluding carboxylic acids is 1. The molecular weight excluding hydrogens is 254 g/mol. The van der Waals surface area contributed by atoms with Crippen LogP contribution in [0.5, 0.6) is 0 Å². The van der Waals surface area contributed by atoms with Gasteiger partial charge in [-0.25, -0.2) is 4.79 Å². The molecule has 0 radical (unpaired) electrons. The molecule has 0 aliphatic carbocycles. The summed E-state index contributed by atoms with van der Waals surface area (Å²) in [6, 6.07) is 5.97. The fraction of sp³-hybridized carbons (Fsp3) is 0.429. The highest BCUT2D eigenvalue weighted by molar-refractivity contribution is 6.01. The molecule has 1 aromatic carbocycles. The van der Waals surface area contributed by atoms with Crippen molar-refractivity contribution in [2.24, 2.45) is 7.05 Å². The summed E-state index contributed by atoms with van der Waals surface area (Å²) in [7, 11) is 3.72. The number of nitrogens with one attached hydrogen (secondary N) is 1. The number of amides is 2. The molecule has 2 aromatic rings. The molecule has 1 aliphatic rings. The molecular formula is C14H19N5O. The Morgan fingerprint density at radius 3 is 2.85 bits per heavy atom. The van der Waals surface area contributed by atoms with Gasteiger partial charge in [-0.05, 0) is 6.07 Å². The maximum atomic E-state index is 12.6. The summed E-state index contributed by atoms with van der Waals surface area (Å²) in [6.45, 7) is 3.22. The Morgan fingerprint density at radius 1 is 1.35 bits per heavy atom. The average molecular weight is 273 g/mol. The quantitative estimate of drug-likeness (QED) is 0.844. The van der Waals surface area contributed by atoms with Gasteiger partial charge in [-0.3, -0.25) is 9.58 Å². The van der Waals surface area contributed by atoms with E-state index >= 15 is 0 Å². The Balaban J connectivity index is 1.93. The number of benzene rings is 1. The molecule has 6 nitrogen and oxygen atoms in total. The maximum Gasteiger partial charge on any atom is 0.324 e. The van der Waals surface area contributed by atoms with Crippen molar-refractivity contribution in [3.8, 4) is 0 Å². The summed E-state index contributed by atoms with van der Waals surface area (Å²) in [4.78, 5) is 16.2. The Hall–Kier alpha value is -2.08. The maximum absolute atomic E-state index is 12.6. The predicted octanol–water partition coefficient (Wildman–Crippen LogP) is 1.03. The van der Waals surface area contributed by atoms with Crippen LogP contribution in [0.3, 0.4) is 0 Å². The summed E-state index contributed by atoms with van der Waals surface area (Å²) in [5.41, 5.74) is 1.88. The van der Waals surface area contributed by atoms with Gasteiger partial charge in [0, 0.05) is 45.7 Å². The van der Waals surface area contributed by atoms with Crippen molar-refractivity contribution in [1.29, 1.82) is 0 Å². The molecule has 1 aliphatic heterocycles. The van der Waals surface area contributed by atoms with Gasteiger partial charge in [-0.15, -0.1) is 0 Å². The average Bonchev–Trinajstić information content (AvgIpc) is 2.88. The highest BCUT2D eigenvalue weighted by atomic mass is 16.2. The number of hydrogen-bond donors (Lipinski definition) is 1. The van der Waals surface area contributed by atoms with E-state index in [1.54, 1.807) is 4.90 Å². The molecule has 1 fully saturated rings. The Labute approximate surface area is 118 Å². The lowest BCUT2D eigenvalue weighted by Crippen LogP contribution is -2.50. The second-order valence-electron chi connectivity index (χ2n) is 5.06. The van der Waals surface area contributed by atoms with Gasteiger partial charge < -0.3 is 10.2 Å². The third-order valence-corrected chi connectivity index (χ3v) is 3.78. The third-order valence-electron chi connectivity index (χ3n) is 3.78. The fourth-order valence-electron chi connectivity index (χ4n) is 2.65. The van der Waals surface area contributed by atoms with Crippen LogP contribution in [0, 0.1) is 0 Å². The number of piperazine rings is 1. The summed E-state index contributed by atoms with van der Waals surface area (Å²) < 4.78 is 1.81. The first kappa shape index (κ1) is 12.9. The van der Waals surface area contributed by atoms with Crippen molar-refractivity contribution in [1.82, 2.24) is 20.0 Å². The van der Waals surface area contributed by atoms with E-state index in [-0.39, 0.29) is 6.03 Å². The van der Waals surface area contributed by atoms with E-state index in [2.05, 4.69) is 10.4 Å². The van der Waals surface area contributed by atoms with Crippen molar-refractivity contribution in [3.63, 3.8) is 0 Å². The van der Waals surface area contributed by atoms with Crippen molar-refractivity contribution >= 4 is 22.6 Å². The zero-order valence-electron chi connectivity index (χ0n) is 11.8. The Kier molecular flexibility index (Phi) is 3.31. The van der Waals surface area contributed by atoms with Crippen molar-refractivity contribution in [2.45, 2.75) is 0 Å².